The fourth-order valence-electron chi connectivity index (χ4n) is 6.24. The summed E-state index contributed by atoms with van der Waals surface area (Å²) < 4.78 is 20.3. The Hall–Kier alpha value is -5.36. The lowest BCUT2D eigenvalue weighted by Crippen LogP contribution is -2.41. The predicted octanol–water partition coefficient (Wildman–Crippen LogP) is 5.33. The Morgan fingerprint density at radius 1 is 0.857 bits per heavy atom. The van der Waals surface area contributed by atoms with Gasteiger partial charge in [0.25, 0.3) is 5.91 Å². The normalized spacial score (nSPS) is 20.9. The van der Waals surface area contributed by atoms with Gasteiger partial charge in [-0.3, -0.25) is 14.5 Å². The molecular weight excluding hydrogens is 624 g/mol. The highest BCUT2D eigenvalue weighted by Crippen LogP contribution is 2.39. The van der Waals surface area contributed by atoms with Crippen LogP contribution in [0.2, 0.25) is 0 Å². The van der Waals surface area contributed by atoms with Crippen molar-refractivity contribution in [3.05, 3.63) is 137 Å². The summed E-state index contributed by atoms with van der Waals surface area (Å²) in [4.78, 5) is 43.9. The molecule has 3 amide bonds. The Morgan fingerprint density at radius 3 is 2.35 bits per heavy atom. The quantitative estimate of drug-likeness (QED) is 0.192. The van der Waals surface area contributed by atoms with Crippen molar-refractivity contribution < 1.29 is 33.7 Å². The van der Waals surface area contributed by atoms with Crippen molar-refractivity contribution in [2.45, 2.75) is 63.7 Å². The van der Waals surface area contributed by atoms with Gasteiger partial charge in [0.1, 0.15) is 12.6 Å². The van der Waals surface area contributed by atoms with Crippen LogP contribution in [0.1, 0.15) is 53.1 Å². The summed E-state index contributed by atoms with van der Waals surface area (Å²) in [6, 6.07) is 31.4. The predicted molar refractivity (Wildman–Crippen MR) is 178 cm³/mol. The molecule has 11 heteroatoms. The van der Waals surface area contributed by atoms with E-state index in [0.29, 0.717) is 13.0 Å². The minimum absolute atomic E-state index is 0.0344. The maximum atomic E-state index is 13.1. The van der Waals surface area contributed by atoms with Crippen LogP contribution in [0.3, 0.4) is 0 Å². The molecule has 0 saturated carbocycles. The van der Waals surface area contributed by atoms with Crippen LogP contribution in [0.4, 0.5) is 4.79 Å². The minimum atomic E-state index is -0.980. The number of aromatic nitrogens is 2. The second-order valence-corrected chi connectivity index (χ2v) is 12.3. The number of carbonyl (C=O) groups is 3. The van der Waals surface area contributed by atoms with Gasteiger partial charge in [-0.05, 0) is 34.4 Å². The van der Waals surface area contributed by atoms with Gasteiger partial charge in [0.05, 0.1) is 55.7 Å². The molecule has 2 fully saturated rings. The zero-order valence-electron chi connectivity index (χ0n) is 26.7. The number of para-hydroxylation sites is 2. The molecule has 1 aromatic heterocycles. The highest BCUT2D eigenvalue weighted by atomic mass is 16.7. The number of imide groups is 1. The third-order valence-electron chi connectivity index (χ3n) is 8.88. The molecular formula is C38H36N4O7. The Balaban J connectivity index is 1.02. The summed E-state index contributed by atoms with van der Waals surface area (Å²) in [5.74, 6) is -0.846. The number of hydrogen-bond donors (Lipinski definition) is 2. The van der Waals surface area contributed by atoms with Crippen LogP contribution in [-0.2, 0) is 50.1 Å². The number of imidazole rings is 1. The average Bonchev–Trinajstić information content (AvgIpc) is 3.66. The largest absolute Gasteiger partial charge is 0.445 e. The molecule has 5 aromatic rings. The summed E-state index contributed by atoms with van der Waals surface area (Å²) >= 11 is 0. The molecule has 2 saturated heterocycles. The van der Waals surface area contributed by atoms with E-state index in [0.717, 1.165) is 43.8 Å². The fraction of sp³-hybridized carbons (Fsp3) is 0.263. The summed E-state index contributed by atoms with van der Waals surface area (Å²) in [6.45, 7) is 0.673. The van der Waals surface area contributed by atoms with Gasteiger partial charge in [-0.25, -0.2) is 9.78 Å². The lowest BCUT2D eigenvalue weighted by molar-refractivity contribution is -0.252. The van der Waals surface area contributed by atoms with E-state index in [9.17, 15) is 19.5 Å². The first kappa shape index (κ1) is 32.2. The SMILES string of the molecule is O=C(NC1CC(=O)N(Cc2ccc([C@@H]3O[C@H](Cn4cnc5ccccc54)C[C@H](c4ccc(CO)cc4)O3)cc2)C1=O)OCc1ccccc1. The van der Waals surface area contributed by atoms with E-state index in [1.165, 1.54) is 0 Å². The second kappa shape index (κ2) is 14.4. The number of fused-ring (bicyclic) bond motifs is 1. The van der Waals surface area contributed by atoms with E-state index < -0.39 is 24.3 Å². The molecule has 0 spiro atoms. The highest BCUT2D eigenvalue weighted by molar-refractivity contribution is 6.06. The van der Waals surface area contributed by atoms with Crippen LogP contribution in [0.25, 0.3) is 11.0 Å². The summed E-state index contributed by atoms with van der Waals surface area (Å²) in [5.41, 5.74) is 6.10. The number of amides is 3. The van der Waals surface area contributed by atoms with Gasteiger partial charge in [-0.2, -0.15) is 0 Å². The average molecular weight is 661 g/mol. The molecule has 11 nitrogen and oxygen atoms in total. The number of aliphatic hydroxyl groups excluding tert-OH is 1. The van der Waals surface area contributed by atoms with Gasteiger partial charge in [0.15, 0.2) is 6.29 Å². The molecule has 49 heavy (non-hydrogen) atoms. The number of nitrogens with zero attached hydrogens (tertiary/aromatic N) is 3. The number of aliphatic hydroxyl groups is 1. The van der Waals surface area contributed by atoms with Gasteiger partial charge >= 0.3 is 6.09 Å². The number of carbonyl (C=O) groups excluding carboxylic acids is 3. The Labute approximate surface area is 283 Å². The van der Waals surface area contributed by atoms with E-state index >= 15 is 0 Å². The molecule has 0 radical (unpaired) electrons. The Bertz CT molecular complexity index is 1930. The van der Waals surface area contributed by atoms with Gasteiger partial charge in [0, 0.05) is 12.0 Å². The molecule has 250 valence electrons. The number of hydrogen-bond acceptors (Lipinski definition) is 8. The third-order valence-corrected chi connectivity index (χ3v) is 8.88. The smallest absolute Gasteiger partial charge is 0.408 e. The van der Waals surface area contributed by atoms with Gasteiger partial charge < -0.3 is 29.2 Å². The molecule has 7 rings (SSSR count). The number of alkyl carbamates (subject to hydrolysis) is 1. The number of rotatable bonds is 10. The number of likely N-dealkylation sites (tertiary alicyclic amines) is 1. The van der Waals surface area contributed by atoms with Crippen LogP contribution in [0.5, 0.6) is 0 Å². The van der Waals surface area contributed by atoms with E-state index in [1.807, 2.05) is 109 Å². The zero-order valence-corrected chi connectivity index (χ0v) is 26.7. The molecule has 4 aromatic carbocycles. The maximum Gasteiger partial charge on any atom is 0.408 e. The maximum absolute atomic E-state index is 13.1. The number of ether oxygens (including phenoxy) is 3. The molecule has 3 heterocycles. The first-order valence-electron chi connectivity index (χ1n) is 16.2. The van der Waals surface area contributed by atoms with Crippen molar-refractivity contribution in [1.82, 2.24) is 19.8 Å². The van der Waals surface area contributed by atoms with Gasteiger partial charge in [-0.15, -0.1) is 0 Å². The molecule has 2 aliphatic heterocycles. The van der Waals surface area contributed by atoms with E-state index in [2.05, 4.69) is 14.9 Å². The standard InChI is InChI=1S/C38H36N4O7/c43-22-26-12-14-28(15-13-26)34-18-30(21-41-24-39-31-8-4-5-9-33(31)41)48-37(49-34)29-16-10-25(11-17-29)20-42-35(44)19-32(36(42)45)40-38(46)47-23-27-6-2-1-3-7-27/h1-17,24,30,32,34,37,43H,18-23H2,(H,40,46)/t30-,32?,34+,37+/m0/s1. The van der Waals surface area contributed by atoms with E-state index in [1.54, 1.807) is 0 Å². The first-order valence-corrected chi connectivity index (χ1v) is 16.2. The lowest BCUT2D eigenvalue weighted by Gasteiger charge is -2.36. The topological polar surface area (TPSA) is 132 Å². The molecule has 4 atom stereocenters. The summed E-state index contributed by atoms with van der Waals surface area (Å²) in [7, 11) is 0. The van der Waals surface area contributed by atoms with Crippen molar-refractivity contribution in [3.8, 4) is 0 Å². The van der Waals surface area contributed by atoms with Crippen LogP contribution < -0.4 is 5.32 Å². The number of nitrogens with one attached hydrogen (secondary N) is 1. The first-order chi connectivity index (χ1) is 23.9. The van der Waals surface area contributed by atoms with Gasteiger partial charge in [0.2, 0.25) is 5.91 Å². The zero-order chi connectivity index (χ0) is 33.7. The fourth-order valence-corrected chi connectivity index (χ4v) is 6.24. The van der Waals surface area contributed by atoms with Gasteiger partial charge in [-0.1, -0.05) is 91.0 Å². The molecule has 2 N–H and O–H groups in total. The summed E-state index contributed by atoms with van der Waals surface area (Å²) in [6.07, 6.45) is 0.444. The van der Waals surface area contributed by atoms with Crippen LogP contribution >= 0.6 is 0 Å². The summed E-state index contributed by atoms with van der Waals surface area (Å²) in [5, 5.41) is 12.1. The molecule has 0 aliphatic carbocycles. The van der Waals surface area contributed by atoms with Crippen molar-refractivity contribution in [1.29, 1.82) is 0 Å². The van der Waals surface area contributed by atoms with Crippen molar-refractivity contribution in [2.24, 2.45) is 0 Å². The van der Waals surface area contributed by atoms with Crippen LogP contribution in [0.15, 0.2) is 109 Å². The second-order valence-electron chi connectivity index (χ2n) is 12.3. The van der Waals surface area contributed by atoms with Crippen molar-refractivity contribution in [3.63, 3.8) is 0 Å². The third kappa shape index (κ3) is 7.39. The number of benzene rings is 4. The van der Waals surface area contributed by atoms with E-state index in [-0.39, 0.29) is 44.3 Å². The monoisotopic (exact) mass is 660 g/mol. The van der Waals surface area contributed by atoms with Crippen molar-refractivity contribution >= 4 is 28.9 Å². The lowest BCUT2D eigenvalue weighted by atomic mass is 9.99. The molecule has 1 unspecified atom stereocenters. The molecule has 2 aliphatic rings. The minimum Gasteiger partial charge on any atom is -0.445 e. The van der Waals surface area contributed by atoms with Crippen molar-refractivity contribution in [2.75, 3.05) is 0 Å². The Kier molecular flexibility index (Phi) is 9.47. The van der Waals surface area contributed by atoms with Crippen LogP contribution in [-0.4, -0.2) is 49.6 Å². The molecule has 0 bridgehead atoms. The Morgan fingerprint density at radius 2 is 1.57 bits per heavy atom. The van der Waals surface area contributed by atoms with E-state index in [4.69, 9.17) is 14.2 Å². The van der Waals surface area contributed by atoms with Crippen LogP contribution in [0, 0.1) is 0 Å². The highest BCUT2D eigenvalue weighted by Gasteiger charge is 2.40.